The first-order chi connectivity index (χ1) is 7.15. The van der Waals surface area contributed by atoms with Gasteiger partial charge in [0.15, 0.2) is 5.82 Å². The summed E-state index contributed by atoms with van der Waals surface area (Å²) < 4.78 is 13.3. The molecule has 0 aliphatic carbocycles. The number of carbonyl (C=O) groups is 1. The Labute approximate surface area is 92.6 Å². The van der Waals surface area contributed by atoms with Crippen LogP contribution in [0.3, 0.4) is 0 Å². The summed E-state index contributed by atoms with van der Waals surface area (Å²) in [6.07, 6.45) is 0.294. The molecule has 5 heteroatoms. The van der Waals surface area contributed by atoms with E-state index in [1.807, 2.05) is 0 Å². The standard InChI is InChI=1S/C10H12ClFN2O/c1-13-6-5-9(15)14-8-4-2-3-7(11)10(8)12/h2-4,13H,5-6H2,1H3,(H,14,15). The third kappa shape index (κ3) is 3.49. The molecule has 0 unspecified atom stereocenters. The summed E-state index contributed by atoms with van der Waals surface area (Å²) in [6.45, 7) is 0.550. The number of rotatable bonds is 4. The monoisotopic (exact) mass is 230 g/mol. The summed E-state index contributed by atoms with van der Waals surface area (Å²) in [7, 11) is 1.74. The molecular formula is C10H12ClFN2O. The van der Waals surface area contributed by atoms with E-state index < -0.39 is 5.82 Å². The minimum absolute atomic E-state index is 0.00131. The van der Waals surface area contributed by atoms with Gasteiger partial charge in [-0.2, -0.15) is 0 Å². The van der Waals surface area contributed by atoms with Crippen LogP contribution in [-0.2, 0) is 4.79 Å². The first kappa shape index (κ1) is 11.9. The molecule has 0 spiro atoms. The predicted molar refractivity (Wildman–Crippen MR) is 58.6 cm³/mol. The zero-order chi connectivity index (χ0) is 11.3. The summed E-state index contributed by atoms with van der Waals surface area (Å²) in [6, 6.07) is 4.48. The second-order valence-electron chi connectivity index (χ2n) is 3.00. The summed E-state index contributed by atoms with van der Waals surface area (Å²) in [4.78, 5) is 11.3. The van der Waals surface area contributed by atoms with Gasteiger partial charge in [-0.15, -0.1) is 0 Å². The fraction of sp³-hybridized carbons (Fsp3) is 0.300. The highest BCUT2D eigenvalue weighted by Crippen LogP contribution is 2.21. The van der Waals surface area contributed by atoms with Gasteiger partial charge < -0.3 is 10.6 Å². The van der Waals surface area contributed by atoms with Gasteiger partial charge in [0, 0.05) is 13.0 Å². The van der Waals surface area contributed by atoms with Gasteiger partial charge in [-0.05, 0) is 19.2 Å². The Morgan fingerprint density at radius 2 is 2.27 bits per heavy atom. The fourth-order valence-corrected chi connectivity index (χ4v) is 1.23. The van der Waals surface area contributed by atoms with Gasteiger partial charge in [-0.1, -0.05) is 17.7 Å². The molecule has 2 N–H and O–H groups in total. The first-order valence-corrected chi connectivity index (χ1v) is 4.91. The Bertz CT molecular complexity index is 357. The molecule has 1 rings (SSSR count). The average molecular weight is 231 g/mol. The average Bonchev–Trinajstić information content (AvgIpc) is 2.22. The summed E-state index contributed by atoms with van der Waals surface area (Å²) >= 11 is 5.56. The van der Waals surface area contributed by atoms with E-state index in [9.17, 15) is 9.18 Å². The smallest absolute Gasteiger partial charge is 0.225 e. The van der Waals surface area contributed by atoms with Gasteiger partial charge >= 0.3 is 0 Å². The first-order valence-electron chi connectivity index (χ1n) is 4.53. The van der Waals surface area contributed by atoms with Crippen LogP contribution in [0.2, 0.25) is 5.02 Å². The van der Waals surface area contributed by atoms with Gasteiger partial charge in [0.2, 0.25) is 5.91 Å². The molecule has 0 radical (unpaired) electrons. The van der Waals surface area contributed by atoms with Gasteiger partial charge in [0.05, 0.1) is 10.7 Å². The summed E-state index contributed by atoms with van der Waals surface area (Å²) in [5.41, 5.74) is 0.114. The van der Waals surface area contributed by atoms with Crippen LogP contribution in [0.25, 0.3) is 0 Å². The van der Waals surface area contributed by atoms with E-state index in [0.717, 1.165) is 0 Å². The van der Waals surface area contributed by atoms with E-state index >= 15 is 0 Å². The number of nitrogens with one attached hydrogen (secondary N) is 2. The Morgan fingerprint density at radius 3 is 2.93 bits per heavy atom. The summed E-state index contributed by atoms with van der Waals surface area (Å²) in [5.74, 6) is -0.845. The van der Waals surface area contributed by atoms with E-state index in [4.69, 9.17) is 11.6 Å². The maximum absolute atomic E-state index is 13.3. The topological polar surface area (TPSA) is 41.1 Å². The number of hydrogen-bond donors (Lipinski definition) is 2. The molecule has 0 aliphatic rings. The lowest BCUT2D eigenvalue weighted by molar-refractivity contribution is -0.116. The van der Waals surface area contributed by atoms with Gasteiger partial charge in [0.25, 0.3) is 0 Å². The Balaban J connectivity index is 2.64. The molecule has 1 amide bonds. The van der Waals surface area contributed by atoms with E-state index in [-0.39, 0.29) is 16.6 Å². The molecule has 0 heterocycles. The van der Waals surface area contributed by atoms with Crippen molar-refractivity contribution in [2.75, 3.05) is 18.9 Å². The maximum Gasteiger partial charge on any atom is 0.225 e. The molecule has 82 valence electrons. The van der Waals surface area contributed by atoms with Crippen LogP contribution in [0, 0.1) is 5.82 Å². The highest BCUT2D eigenvalue weighted by Gasteiger charge is 2.08. The number of hydrogen-bond acceptors (Lipinski definition) is 2. The molecule has 0 atom stereocenters. The second-order valence-corrected chi connectivity index (χ2v) is 3.41. The number of anilines is 1. The number of carbonyl (C=O) groups excluding carboxylic acids is 1. The van der Waals surface area contributed by atoms with E-state index in [2.05, 4.69) is 10.6 Å². The quantitative estimate of drug-likeness (QED) is 0.831. The Morgan fingerprint density at radius 1 is 1.53 bits per heavy atom. The molecule has 0 saturated heterocycles. The minimum atomic E-state index is -0.600. The Hall–Kier alpha value is -1.13. The van der Waals surface area contributed by atoms with Crippen molar-refractivity contribution in [2.24, 2.45) is 0 Å². The van der Waals surface area contributed by atoms with Crippen LogP contribution in [0.15, 0.2) is 18.2 Å². The maximum atomic E-state index is 13.3. The number of amides is 1. The van der Waals surface area contributed by atoms with Crippen LogP contribution < -0.4 is 10.6 Å². The van der Waals surface area contributed by atoms with Crippen molar-refractivity contribution in [3.05, 3.63) is 29.0 Å². The van der Waals surface area contributed by atoms with E-state index in [1.54, 1.807) is 13.1 Å². The fourth-order valence-electron chi connectivity index (χ4n) is 1.05. The Kier molecular flexibility index (Phi) is 4.52. The molecule has 0 aromatic heterocycles. The summed E-state index contributed by atoms with van der Waals surface area (Å²) in [5, 5.41) is 5.28. The minimum Gasteiger partial charge on any atom is -0.324 e. The van der Waals surface area contributed by atoms with Crippen molar-refractivity contribution in [1.29, 1.82) is 0 Å². The lowest BCUT2D eigenvalue weighted by Gasteiger charge is -2.06. The lowest BCUT2D eigenvalue weighted by Crippen LogP contribution is -2.19. The van der Waals surface area contributed by atoms with Gasteiger partial charge in [-0.3, -0.25) is 4.79 Å². The molecule has 0 bridgehead atoms. The van der Waals surface area contributed by atoms with Crippen LogP contribution in [0.5, 0.6) is 0 Å². The SMILES string of the molecule is CNCCC(=O)Nc1cccc(Cl)c1F. The third-order valence-electron chi connectivity index (χ3n) is 1.83. The van der Waals surface area contributed by atoms with Crippen molar-refractivity contribution in [3.8, 4) is 0 Å². The zero-order valence-corrected chi connectivity index (χ0v) is 9.07. The van der Waals surface area contributed by atoms with Crippen LogP contribution in [0.1, 0.15) is 6.42 Å². The van der Waals surface area contributed by atoms with Crippen molar-refractivity contribution >= 4 is 23.2 Å². The van der Waals surface area contributed by atoms with Gasteiger partial charge in [-0.25, -0.2) is 4.39 Å². The van der Waals surface area contributed by atoms with Crippen molar-refractivity contribution < 1.29 is 9.18 Å². The van der Waals surface area contributed by atoms with Crippen molar-refractivity contribution in [3.63, 3.8) is 0 Å². The lowest BCUT2D eigenvalue weighted by atomic mass is 10.3. The molecule has 15 heavy (non-hydrogen) atoms. The molecular weight excluding hydrogens is 219 g/mol. The highest BCUT2D eigenvalue weighted by atomic mass is 35.5. The third-order valence-corrected chi connectivity index (χ3v) is 2.12. The zero-order valence-electron chi connectivity index (χ0n) is 8.31. The second kappa shape index (κ2) is 5.68. The molecule has 3 nitrogen and oxygen atoms in total. The molecule has 0 saturated carbocycles. The van der Waals surface area contributed by atoms with Gasteiger partial charge in [0.1, 0.15) is 0 Å². The largest absolute Gasteiger partial charge is 0.324 e. The predicted octanol–water partition coefficient (Wildman–Crippen LogP) is 2.03. The number of benzene rings is 1. The van der Waals surface area contributed by atoms with Crippen LogP contribution in [-0.4, -0.2) is 19.5 Å². The van der Waals surface area contributed by atoms with E-state index in [1.165, 1.54) is 12.1 Å². The highest BCUT2D eigenvalue weighted by molar-refractivity contribution is 6.31. The molecule has 1 aromatic rings. The van der Waals surface area contributed by atoms with Crippen LogP contribution in [0.4, 0.5) is 10.1 Å². The van der Waals surface area contributed by atoms with Crippen molar-refractivity contribution in [2.45, 2.75) is 6.42 Å². The van der Waals surface area contributed by atoms with E-state index in [0.29, 0.717) is 13.0 Å². The normalized spacial score (nSPS) is 10.1. The van der Waals surface area contributed by atoms with Crippen LogP contribution >= 0.6 is 11.6 Å². The molecule has 0 fully saturated rings. The van der Waals surface area contributed by atoms with Crippen molar-refractivity contribution in [1.82, 2.24) is 5.32 Å². The molecule has 0 aliphatic heterocycles. The molecule has 1 aromatic carbocycles. The number of halogens is 2.